The van der Waals surface area contributed by atoms with Gasteiger partial charge in [0.25, 0.3) is 0 Å². The molecule has 0 unspecified atom stereocenters. The van der Waals surface area contributed by atoms with Crippen LogP contribution in [0.2, 0.25) is 0 Å². The maximum absolute atomic E-state index is 9.94. The van der Waals surface area contributed by atoms with E-state index in [1.165, 1.54) is 0 Å². The first-order valence-electron chi connectivity index (χ1n) is 7.61. The SMILES string of the molecule is OB(O)c1c2ccccc2cc2ccc(-c3ccccc3)cc12. The third kappa shape index (κ3) is 2.40. The van der Waals surface area contributed by atoms with E-state index in [1.54, 1.807) is 0 Å². The minimum atomic E-state index is -1.50. The fourth-order valence-corrected chi connectivity index (χ4v) is 3.18. The molecule has 0 saturated heterocycles. The van der Waals surface area contributed by atoms with Gasteiger partial charge in [0.15, 0.2) is 0 Å². The summed E-state index contributed by atoms with van der Waals surface area (Å²) >= 11 is 0. The summed E-state index contributed by atoms with van der Waals surface area (Å²) in [6.45, 7) is 0. The molecule has 4 aromatic rings. The molecule has 2 N–H and O–H groups in total. The molecule has 0 aliphatic carbocycles. The lowest BCUT2D eigenvalue weighted by Gasteiger charge is -2.12. The van der Waals surface area contributed by atoms with Crippen LogP contribution >= 0.6 is 0 Å². The molecule has 23 heavy (non-hydrogen) atoms. The highest BCUT2D eigenvalue weighted by Crippen LogP contribution is 2.27. The van der Waals surface area contributed by atoms with Crippen LogP contribution in [0.3, 0.4) is 0 Å². The molecule has 0 radical (unpaired) electrons. The maximum atomic E-state index is 9.94. The van der Waals surface area contributed by atoms with E-state index in [1.807, 2.05) is 54.6 Å². The van der Waals surface area contributed by atoms with E-state index in [-0.39, 0.29) is 0 Å². The van der Waals surface area contributed by atoms with Crippen molar-refractivity contribution in [2.24, 2.45) is 0 Å². The van der Waals surface area contributed by atoms with Crippen LogP contribution in [0.15, 0.2) is 78.9 Å². The van der Waals surface area contributed by atoms with Crippen LogP contribution in [-0.2, 0) is 0 Å². The zero-order chi connectivity index (χ0) is 15.8. The van der Waals surface area contributed by atoms with Crippen LogP contribution in [0.1, 0.15) is 0 Å². The molecule has 0 fully saturated rings. The third-order valence-electron chi connectivity index (χ3n) is 4.27. The van der Waals surface area contributed by atoms with Gasteiger partial charge in [0, 0.05) is 0 Å². The summed E-state index contributed by atoms with van der Waals surface area (Å²) < 4.78 is 0. The molecule has 0 aliphatic heterocycles. The van der Waals surface area contributed by atoms with E-state index < -0.39 is 7.12 Å². The zero-order valence-electron chi connectivity index (χ0n) is 12.5. The van der Waals surface area contributed by atoms with Crippen molar-refractivity contribution in [2.45, 2.75) is 0 Å². The Morgan fingerprint density at radius 3 is 2.04 bits per heavy atom. The summed E-state index contributed by atoms with van der Waals surface area (Å²) in [4.78, 5) is 0. The molecule has 0 heterocycles. The second-order valence-corrected chi connectivity index (χ2v) is 5.69. The van der Waals surface area contributed by atoms with Crippen molar-refractivity contribution in [2.75, 3.05) is 0 Å². The first-order chi connectivity index (χ1) is 11.2. The molecule has 4 rings (SSSR count). The Morgan fingerprint density at radius 2 is 1.26 bits per heavy atom. The highest BCUT2D eigenvalue weighted by molar-refractivity contribution is 6.65. The van der Waals surface area contributed by atoms with E-state index in [4.69, 9.17) is 0 Å². The van der Waals surface area contributed by atoms with Gasteiger partial charge >= 0.3 is 7.12 Å². The summed E-state index contributed by atoms with van der Waals surface area (Å²) in [5.41, 5.74) is 2.74. The Morgan fingerprint density at radius 1 is 0.565 bits per heavy atom. The lowest BCUT2D eigenvalue weighted by molar-refractivity contribution is 0.426. The molecular weight excluding hydrogens is 283 g/mol. The monoisotopic (exact) mass is 298 g/mol. The van der Waals surface area contributed by atoms with E-state index in [2.05, 4.69) is 24.3 Å². The molecule has 0 atom stereocenters. The van der Waals surface area contributed by atoms with Crippen molar-refractivity contribution in [1.29, 1.82) is 0 Å². The van der Waals surface area contributed by atoms with Crippen molar-refractivity contribution in [3.8, 4) is 11.1 Å². The molecule has 2 nitrogen and oxygen atoms in total. The van der Waals surface area contributed by atoms with Crippen LogP contribution in [-0.4, -0.2) is 17.2 Å². The second kappa shape index (κ2) is 5.54. The molecular formula is C20H15BO2. The number of rotatable bonds is 2. The van der Waals surface area contributed by atoms with E-state index in [0.717, 1.165) is 32.7 Å². The van der Waals surface area contributed by atoms with Crippen molar-refractivity contribution in [3.05, 3.63) is 78.9 Å². The van der Waals surface area contributed by atoms with Crippen molar-refractivity contribution in [3.63, 3.8) is 0 Å². The van der Waals surface area contributed by atoms with Gasteiger partial charge in [-0.1, -0.05) is 66.7 Å². The number of benzene rings is 4. The average Bonchev–Trinajstić information content (AvgIpc) is 2.59. The van der Waals surface area contributed by atoms with E-state index in [9.17, 15) is 10.0 Å². The van der Waals surface area contributed by atoms with Gasteiger partial charge in [-0.15, -0.1) is 0 Å². The van der Waals surface area contributed by atoms with Crippen molar-refractivity contribution in [1.82, 2.24) is 0 Å². The molecule has 110 valence electrons. The van der Waals surface area contributed by atoms with Crippen LogP contribution in [0.4, 0.5) is 0 Å². The normalized spacial score (nSPS) is 11.0. The molecule has 0 saturated carbocycles. The van der Waals surface area contributed by atoms with Crippen molar-refractivity contribution >= 4 is 34.1 Å². The van der Waals surface area contributed by atoms with Gasteiger partial charge in [-0.2, -0.15) is 0 Å². The largest absolute Gasteiger partial charge is 0.489 e. The quantitative estimate of drug-likeness (QED) is 0.440. The average molecular weight is 298 g/mol. The van der Waals surface area contributed by atoms with Crippen LogP contribution in [0, 0.1) is 0 Å². The Bertz CT molecular complexity index is 994. The van der Waals surface area contributed by atoms with Crippen molar-refractivity contribution < 1.29 is 10.0 Å². The fourth-order valence-electron chi connectivity index (χ4n) is 3.18. The van der Waals surface area contributed by atoms with Gasteiger partial charge in [-0.25, -0.2) is 0 Å². The number of hydrogen-bond donors (Lipinski definition) is 2. The smallest absolute Gasteiger partial charge is 0.423 e. The Labute approximate surface area is 134 Å². The zero-order valence-corrected chi connectivity index (χ0v) is 12.5. The minimum absolute atomic E-state index is 0.566. The van der Waals surface area contributed by atoms with Gasteiger partial charge in [-0.05, 0) is 50.3 Å². The lowest BCUT2D eigenvalue weighted by atomic mass is 9.73. The predicted molar refractivity (Wildman–Crippen MR) is 96.7 cm³/mol. The standard InChI is InChI=1S/C20H15BO2/c22-21(23)20-18-9-5-4-8-16(18)12-17-11-10-15(13-19(17)20)14-6-2-1-3-7-14/h1-13,22-23H. The van der Waals surface area contributed by atoms with Crippen LogP contribution in [0.25, 0.3) is 32.7 Å². The summed E-state index contributed by atoms with van der Waals surface area (Å²) in [6.07, 6.45) is 0. The second-order valence-electron chi connectivity index (χ2n) is 5.69. The Balaban J connectivity index is 2.07. The van der Waals surface area contributed by atoms with Gasteiger partial charge in [-0.3, -0.25) is 0 Å². The summed E-state index contributed by atoms with van der Waals surface area (Å²) in [5.74, 6) is 0. The number of hydrogen-bond acceptors (Lipinski definition) is 2. The van der Waals surface area contributed by atoms with Gasteiger partial charge in [0.2, 0.25) is 0 Å². The first kappa shape index (κ1) is 14.0. The predicted octanol–water partition coefficient (Wildman–Crippen LogP) is 3.34. The molecule has 3 heteroatoms. The molecule has 4 aromatic carbocycles. The molecule has 0 bridgehead atoms. The van der Waals surface area contributed by atoms with Crippen LogP contribution in [0.5, 0.6) is 0 Å². The number of fused-ring (bicyclic) bond motifs is 2. The maximum Gasteiger partial charge on any atom is 0.489 e. The molecule has 0 spiro atoms. The third-order valence-corrected chi connectivity index (χ3v) is 4.27. The highest BCUT2D eigenvalue weighted by Gasteiger charge is 2.19. The minimum Gasteiger partial charge on any atom is -0.423 e. The molecule has 0 aromatic heterocycles. The van der Waals surface area contributed by atoms with Gasteiger partial charge < -0.3 is 10.0 Å². The van der Waals surface area contributed by atoms with Crippen LogP contribution < -0.4 is 5.46 Å². The van der Waals surface area contributed by atoms with Gasteiger partial charge in [0.1, 0.15) is 0 Å². The first-order valence-corrected chi connectivity index (χ1v) is 7.61. The topological polar surface area (TPSA) is 40.5 Å². The van der Waals surface area contributed by atoms with E-state index in [0.29, 0.717) is 5.46 Å². The summed E-state index contributed by atoms with van der Waals surface area (Å²) in [6, 6.07) is 26.1. The lowest BCUT2D eigenvalue weighted by Crippen LogP contribution is -2.31. The highest BCUT2D eigenvalue weighted by atomic mass is 16.4. The summed E-state index contributed by atoms with van der Waals surface area (Å²) in [5, 5.41) is 23.6. The van der Waals surface area contributed by atoms with E-state index >= 15 is 0 Å². The molecule has 0 aliphatic rings. The summed E-state index contributed by atoms with van der Waals surface area (Å²) in [7, 11) is -1.50. The Kier molecular flexibility index (Phi) is 3.38. The molecule has 0 amide bonds. The van der Waals surface area contributed by atoms with Gasteiger partial charge in [0.05, 0.1) is 0 Å². The fraction of sp³-hybridized carbons (Fsp3) is 0. The Hall–Kier alpha value is -2.62.